The summed E-state index contributed by atoms with van der Waals surface area (Å²) >= 11 is 0. The van der Waals surface area contributed by atoms with E-state index in [9.17, 15) is 21.6 Å². The number of sulfone groups is 1. The van der Waals surface area contributed by atoms with Crippen molar-refractivity contribution >= 4 is 15.5 Å². The average molecular weight is 255 g/mol. The topological polar surface area (TPSA) is 69.4 Å². The first-order valence-corrected chi connectivity index (χ1v) is 5.84. The first kappa shape index (κ1) is 12.6. The van der Waals surface area contributed by atoms with Crippen molar-refractivity contribution in [1.82, 2.24) is 0 Å². The first-order chi connectivity index (χ1) is 7.09. The molecule has 16 heavy (non-hydrogen) atoms. The van der Waals surface area contributed by atoms with Crippen LogP contribution in [-0.4, -0.2) is 21.0 Å². The maximum absolute atomic E-state index is 12.0. The molecule has 0 radical (unpaired) electrons. The molecular formula is C8H8F3NO3S. The molecule has 0 aliphatic heterocycles. The quantitative estimate of drug-likeness (QED) is 0.814. The van der Waals surface area contributed by atoms with E-state index >= 15 is 0 Å². The third-order valence-corrected chi connectivity index (χ3v) is 2.73. The summed E-state index contributed by atoms with van der Waals surface area (Å²) in [5.74, 6) is -0.824. The molecule has 0 saturated heterocycles. The number of benzene rings is 1. The Labute approximate surface area is 89.7 Å². The van der Waals surface area contributed by atoms with Crippen molar-refractivity contribution in [3.63, 3.8) is 0 Å². The lowest BCUT2D eigenvalue weighted by Crippen LogP contribution is -2.19. The van der Waals surface area contributed by atoms with Gasteiger partial charge in [0.1, 0.15) is 10.6 Å². The molecule has 0 saturated carbocycles. The predicted molar refractivity (Wildman–Crippen MR) is 50.6 cm³/mol. The fourth-order valence-corrected chi connectivity index (χ4v) is 1.82. The van der Waals surface area contributed by atoms with Crippen molar-refractivity contribution in [1.29, 1.82) is 0 Å². The summed E-state index contributed by atoms with van der Waals surface area (Å²) < 4.78 is 61.9. The van der Waals surface area contributed by atoms with Crippen LogP contribution in [0.25, 0.3) is 0 Å². The van der Waals surface area contributed by atoms with E-state index in [0.717, 1.165) is 18.4 Å². The van der Waals surface area contributed by atoms with Gasteiger partial charge in [0.25, 0.3) is 0 Å². The van der Waals surface area contributed by atoms with Crippen LogP contribution >= 0.6 is 0 Å². The molecule has 0 heterocycles. The molecule has 0 unspecified atom stereocenters. The Morgan fingerprint density at radius 1 is 1.31 bits per heavy atom. The third-order valence-electron chi connectivity index (χ3n) is 1.59. The normalized spacial score (nSPS) is 12.5. The molecular weight excluding hydrogens is 247 g/mol. The van der Waals surface area contributed by atoms with Crippen molar-refractivity contribution in [2.75, 3.05) is 12.0 Å². The highest BCUT2D eigenvalue weighted by Crippen LogP contribution is 2.31. The van der Waals surface area contributed by atoms with E-state index in [1.54, 1.807) is 0 Å². The predicted octanol–water partition coefficient (Wildman–Crippen LogP) is 1.57. The van der Waals surface area contributed by atoms with E-state index in [-0.39, 0.29) is 5.69 Å². The Bertz CT molecular complexity index is 496. The van der Waals surface area contributed by atoms with Crippen LogP contribution < -0.4 is 10.5 Å². The molecule has 1 aromatic carbocycles. The molecule has 0 aliphatic rings. The highest BCUT2D eigenvalue weighted by atomic mass is 32.2. The summed E-state index contributed by atoms with van der Waals surface area (Å²) in [6.45, 7) is 0. The maximum Gasteiger partial charge on any atom is 0.573 e. The van der Waals surface area contributed by atoms with Crippen LogP contribution in [0.4, 0.5) is 18.9 Å². The lowest BCUT2D eigenvalue weighted by atomic mass is 10.3. The highest BCUT2D eigenvalue weighted by molar-refractivity contribution is 7.90. The minimum atomic E-state index is -4.97. The minimum Gasteiger partial charge on any atom is -0.404 e. The third kappa shape index (κ3) is 3.30. The lowest BCUT2D eigenvalue weighted by molar-refractivity contribution is -0.275. The first-order valence-electron chi connectivity index (χ1n) is 3.95. The molecule has 8 heteroatoms. The van der Waals surface area contributed by atoms with Crippen molar-refractivity contribution in [2.45, 2.75) is 11.3 Å². The second-order valence-electron chi connectivity index (χ2n) is 3.03. The van der Waals surface area contributed by atoms with Crippen molar-refractivity contribution < 1.29 is 26.3 Å². The van der Waals surface area contributed by atoms with Crippen LogP contribution in [-0.2, 0) is 9.84 Å². The van der Waals surface area contributed by atoms with Gasteiger partial charge in [0, 0.05) is 18.0 Å². The number of ether oxygens (including phenoxy) is 1. The lowest BCUT2D eigenvalue weighted by Gasteiger charge is -2.12. The van der Waals surface area contributed by atoms with E-state index in [1.165, 1.54) is 6.07 Å². The second-order valence-corrected chi connectivity index (χ2v) is 5.01. The van der Waals surface area contributed by atoms with Gasteiger partial charge in [0.05, 0.1) is 0 Å². The largest absolute Gasteiger partial charge is 0.573 e. The van der Waals surface area contributed by atoms with Crippen LogP contribution in [0.2, 0.25) is 0 Å². The zero-order valence-electron chi connectivity index (χ0n) is 8.08. The van der Waals surface area contributed by atoms with Crippen molar-refractivity contribution in [3.8, 4) is 5.75 Å². The van der Waals surface area contributed by atoms with Crippen LogP contribution in [0, 0.1) is 0 Å². The van der Waals surface area contributed by atoms with E-state index in [4.69, 9.17) is 5.73 Å². The molecule has 2 N–H and O–H groups in total. The molecule has 1 rings (SSSR count). The zero-order chi connectivity index (χ0) is 12.6. The van der Waals surface area contributed by atoms with Crippen LogP contribution in [0.5, 0.6) is 5.75 Å². The average Bonchev–Trinajstić information content (AvgIpc) is 1.97. The second kappa shape index (κ2) is 3.85. The molecule has 0 spiro atoms. The molecule has 0 amide bonds. The van der Waals surface area contributed by atoms with E-state index in [0.29, 0.717) is 0 Å². The monoisotopic (exact) mass is 255 g/mol. The number of hydrogen-bond donors (Lipinski definition) is 1. The van der Waals surface area contributed by atoms with Gasteiger partial charge in [-0.05, 0) is 12.1 Å². The van der Waals surface area contributed by atoms with Crippen LogP contribution in [0.3, 0.4) is 0 Å². The summed E-state index contributed by atoms with van der Waals surface area (Å²) in [7, 11) is -3.80. The van der Waals surface area contributed by atoms with Crippen molar-refractivity contribution in [2.24, 2.45) is 0 Å². The van der Waals surface area contributed by atoms with Gasteiger partial charge in [-0.2, -0.15) is 0 Å². The number of halogens is 3. The Hall–Kier alpha value is -1.44. The molecule has 1 aromatic rings. The van der Waals surface area contributed by atoms with Gasteiger partial charge in [-0.15, -0.1) is 13.2 Å². The summed E-state index contributed by atoms with van der Waals surface area (Å²) in [5.41, 5.74) is 5.23. The smallest absolute Gasteiger partial charge is 0.404 e. The highest BCUT2D eigenvalue weighted by Gasteiger charge is 2.33. The number of alkyl halides is 3. The molecule has 0 fully saturated rings. The molecule has 0 atom stereocenters. The van der Waals surface area contributed by atoms with E-state index < -0.39 is 26.8 Å². The summed E-state index contributed by atoms with van der Waals surface area (Å²) in [6, 6.07) is 2.95. The fourth-order valence-electron chi connectivity index (χ4n) is 1.04. The summed E-state index contributed by atoms with van der Waals surface area (Å²) in [5, 5.41) is 0. The number of anilines is 1. The van der Waals surface area contributed by atoms with Crippen LogP contribution in [0.15, 0.2) is 23.1 Å². The molecule has 90 valence electrons. The Kier molecular flexibility index (Phi) is 3.04. The van der Waals surface area contributed by atoms with Gasteiger partial charge < -0.3 is 10.5 Å². The molecule has 4 nitrogen and oxygen atoms in total. The Morgan fingerprint density at radius 3 is 2.31 bits per heavy atom. The Morgan fingerprint density at radius 2 is 1.88 bits per heavy atom. The van der Waals surface area contributed by atoms with Crippen LogP contribution in [0.1, 0.15) is 0 Å². The fraction of sp³-hybridized carbons (Fsp3) is 0.250. The number of rotatable bonds is 2. The minimum absolute atomic E-state index is 0.0216. The number of hydrogen-bond acceptors (Lipinski definition) is 4. The molecule has 0 aliphatic carbocycles. The van der Waals surface area contributed by atoms with Gasteiger partial charge in [0.15, 0.2) is 9.84 Å². The van der Waals surface area contributed by atoms with Gasteiger partial charge >= 0.3 is 6.36 Å². The SMILES string of the molecule is CS(=O)(=O)c1ccc(N)cc1OC(F)(F)F. The Balaban J connectivity index is 3.30. The maximum atomic E-state index is 12.0. The van der Waals surface area contributed by atoms with Gasteiger partial charge in [-0.25, -0.2) is 8.42 Å². The van der Waals surface area contributed by atoms with Crippen molar-refractivity contribution in [3.05, 3.63) is 18.2 Å². The summed E-state index contributed by atoms with van der Waals surface area (Å²) in [6.07, 6.45) is -4.19. The zero-order valence-corrected chi connectivity index (χ0v) is 8.89. The summed E-state index contributed by atoms with van der Waals surface area (Å²) in [4.78, 5) is -0.556. The number of nitrogen functional groups attached to an aromatic ring is 1. The van der Waals surface area contributed by atoms with Gasteiger partial charge in [-0.3, -0.25) is 0 Å². The molecule has 0 bridgehead atoms. The van der Waals surface area contributed by atoms with E-state index in [1.807, 2.05) is 0 Å². The van der Waals surface area contributed by atoms with Gasteiger partial charge in [-0.1, -0.05) is 0 Å². The number of nitrogens with two attached hydrogens (primary N) is 1. The van der Waals surface area contributed by atoms with Gasteiger partial charge in [0.2, 0.25) is 0 Å². The van der Waals surface area contributed by atoms with E-state index in [2.05, 4.69) is 4.74 Å². The molecule has 0 aromatic heterocycles. The standard InChI is InChI=1S/C8H8F3NO3S/c1-16(13,14)7-3-2-5(12)4-6(7)15-8(9,10)11/h2-4H,12H2,1H3.